The van der Waals surface area contributed by atoms with Gasteiger partial charge in [0.15, 0.2) is 0 Å². The average molecular weight is 346 g/mol. The fourth-order valence-electron chi connectivity index (χ4n) is 1.65. The normalized spacial score (nSPS) is 10.4. The number of benzene rings is 2. The van der Waals surface area contributed by atoms with Gasteiger partial charge in [-0.25, -0.2) is 4.79 Å². The Morgan fingerprint density at radius 1 is 1.06 bits per heavy atom. The molecule has 18 heavy (non-hydrogen) atoms. The summed E-state index contributed by atoms with van der Waals surface area (Å²) in [5.74, 6) is -0.992. The molecule has 0 spiro atoms. The van der Waals surface area contributed by atoms with Crippen LogP contribution in [0.25, 0.3) is 11.1 Å². The second kappa shape index (κ2) is 5.31. The van der Waals surface area contributed by atoms with Crippen molar-refractivity contribution in [3.8, 4) is 11.1 Å². The summed E-state index contributed by atoms with van der Waals surface area (Å²) in [6.07, 6.45) is 0. The summed E-state index contributed by atoms with van der Waals surface area (Å²) >= 11 is 15.2. The molecule has 0 saturated heterocycles. The van der Waals surface area contributed by atoms with Crippen LogP contribution in [0.5, 0.6) is 0 Å². The van der Waals surface area contributed by atoms with Crippen LogP contribution in [-0.2, 0) is 0 Å². The van der Waals surface area contributed by atoms with Gasteiger partial charge < -0.3 is 5.11 Å². The van der Waals surface area contributed by atoms with E-state index < -0.39 is 5.97 Å². The molecule has 0 aliphatic heterocycles. The summed E-state index contributed by atoms with van der Waals surface area (Å²) in [6, 6.07) is 9.91. The Morgan fingerprint density at radius 3 is 2.22 bits per heavy atom. The monoisotopic (exact) mass is 344 g/mol. The molecule has 2 rings (SSSR count). The lowest BCUT2D eigenvalue weighted by atomic mass is 10.00. The average Bonchev–Trinajstić information content (AvgIpc) is 2.27. The number of carboxylic acids is 1. The van der Waals surface area contributed by atoms with Gasteiger partial charge in [-0.15, -0.1) is 0 Å². The Morgan fingerprint density at radius 2 is 1.67 bits per heavy atom. The number of aromatic carboxylic acids is 1. The first-order valence-corrected chi connectivity index (χ1v) is 6.51. The van der Waals surface area contributed by atoms with Crippen molar-refractivity contribution in [1.29, 1.82) is 0 Å². The minimum atomic E-state index is -0.992. The second-order valence-electron chi connectivity index (χ2n) is 3.65. The Kier molecular flexibility index (Phi) is 3.95. The van der Waals surface area contributed by atoms with E-state index in [9.17, 15) is 9.90 Å². The van der Waals surface area contributed by atoms with E-state index in [-0.39, 0.29) is 5.56 Å². The first-order chi connectivity index (χ1) is 8.47. The van der Waals surface area contributed by atoms with Gasteiger partial charge in [-0.3, -0.25) is 0 Å². The third kappa shape index (κ3) is 2.86. The molecule has 5 heteroatoms. The summed E-state index contributed by atoms with van der Waals surface area (Å²) in [6.45, 7) is 0. The third-order valence-corrected chi connectivity index (χ3v) is 3.32. The Labute approximate surface area is 122 Å². The van der Waals surface area contributed by atoms with E-state index in [1.54, 1.807) is 30.3 Å². The fourth-order valence-corrected chi connectivity index (χ4v) is 2.54. The molecule has 0 aliphatic rings. The van der Waals surface area contributed by atoms with E-state index in [1.807, 2.05) is 0 Å². The van der Waals surface area contributed by atoms with Crippen molar-refractivity contribution >= 4 is 45.1 Å². The summed E-state index contributed by atoms with van der Waals surface area (Å²) < 4.78 is 0.790. The maximum absolute atomic E-state index is 11.2. The molecule has 0 atom stereocenters. The van der Waals surface area contributed by atoms with Gasteiger partial charge in [0.1, 0.15) is 0 Å². The van der Waals surface area contributed by atoms with Crippen molar-refractivity contribution in [3.63, 3.8) is 0 Å². The lowest BCUT2D eigenvalue weighted by molar-refractivity contribution is 0.0697. The number of halogens is 3. The predicted molar refractivity (Wildman–Crippen MR) is 76.6 cm³/mol. The van der Waals surface area contributed by atoms with Crippen LogP contribution in [0.2, 0.25) is 10.0 Å². The SMILES string of the molecule is O=C(O)c1ccc(Br)cc1-c1cc(Cl)cc(Cl)c1. The van der Waals surface area contributed by atoms with Crippen LogP contribution in [0.3, 0.4) is 0 Å². The number of hydrogen-bond donors (Lipinski definition) is 1. The lowest BCUT2D eigenvalue weighted by Gasteiger charge is -2.08. The third-order valence-electron chi connectivity index (χ3n) is 2.39. The van der Waals surface area contributed by atoms with Gasteiger partial charge in [0.05, 0.1) is 5.56 Å². The molecule has 0 fully saturated rings. The number of hydrogen-bond acceptors (Lipinski definition) is 1. The van der Waals surface area contributed by atoms with Gasteiger partial charge in [0.2, 0.25) is 0 Å². The van der Waals surface area contributed by atoms with Gasteiger partial charge in [-0.1, -0.05) is 39.1 Å². The minimum Gasteiger partial charge on any atom is -0.478 e. The van der Waals surface area contributed by atoms with Crippen LogP contribution >= 0.6 is 39.1 Å². The molecule has 2 aromatic carbocycles. The van der Waals surface area contributed by atoms with Crippen molar-refractivity contribution in [1.82, 2.24) is 0 Å². The van der Waals surface area contributed by atoms with Gasteiger partial charge in [-0.2, -0.15) is 0 Å². The summed E-state index contributed by atoms with van der Waals surface area (Å²) in [5.41, 5.74) is 1.45. The highest BCUT2D eigenvalue weighted by Gasteiger charge is 2.13. The molecule has 92 valence electrons. The van der Waals surface area contributed by atoms with E-state index in [2.05, 4.69) is 15.9 Å². The molecule has 2 nitrogen and oxygen atoms in total. The van der Waals surface area contributed by atoms with Crippen molar-refractivity contribution in [2.75, 3.05) is 0 Å². The van der Waals surface area contributed by atoms with Crippen LogP contribution in [0.15, 0.2) is 40.9 Å². The zero-order valence-electron chi connectivity index (χ0n) is 8.95. The van der Waals surface area contributed by atoms with Crippen LogP contribution in [0.1, 0.15) is 10.4 Å². The molecule has 0 aromatic heterocycles. The molecule has 0 unspecified atom stereocenters. The molecule has 2 aromatic rings. The molecule has 0 saturated carbocycles. The summed E-state index contributed by atoms with van der Waals surface area (Å²) in [5, 5.41) is 10.1. The molecule has 0 amide bonds. The highest BCUT2D eigenvalue weighted by Crippen LogP contribution is 2.31. The molecular weight excluding hydrogens is 339 g/mol. The van der Waals surface area contributed by atoms with E-state index in [1.165, 1.54) is 6.07 Å². The van der Waals surface area contributed by atoms with Crippen molar-refractivity contribution in [3.05, 3.63) is 56.5 Å². The molecule has 0 radical (unpaired) electrons. The van der Waals surface area contributed by atoms with Crippen molar-refractivity contribution in [2.24, 2.45) is 0 Å². The quantitative estimate of drug-likeness (QED) is 0.820. The van der Waals surface area contributed by atoms with E-state index in [0.29, 0.717) is 21.2 Å². The Hall–Kier alpha value is -1.03. The van der Waals surface area contributed by atoms with Gasteiger partial charge in [0, 0.05) is 14.5 Å². The first kappa shape index (κ1) is 13.4. The summed E-state index contributed by atoms with van der Waals surface area (Å²) in [7, 11) is 0. The highest BCUT2D eigenvalue weighted by atomic mass is 79.9. The minimum absolute atomic E-state index is 0.205. The molecule has 0 heterocycles. The Balaban J connectivity index is 2.68. The zero-order chi connectivity index (χ0) is 13.3. The van der Waals surface area contributed by atoms with Gasteiger partial charge >= 0.3 is 5.97 Å². The first-order valence-electron chi connectivity index (χ1n) is 4.96. The Bertz CT molecular complexity index is 606. The molecule has 0 aliphatic carbocycles. The van der Waals surface area contributed by atoms with Gasteiger partial charge in [0.25, 0.3) is 0 Å². The maximum atomic E-state index is 11.2. The van der Waals surface area contributed by atoms with Crippen LogP contribution < -0.4 is 0 Å². The topological polar surface area (TPSA) is 37.3 Å². The van der Waals surface area contributed by atoms with Crippen molar-refractivity contribution in [2.45, 2.75) is 0 Å². The lowest BCUT2D eigenvalue weighted by Crippen LogP contribution is -1.99. The largest absolute Gasteiger partial charge is 0.478 e. The van der Waals surface area contributed by atoms with Gasteiger partial charge in [-0.05, 0) is 47.5 Å². The number of rotatable bonds is 2. The summed E-state index contributed by atoms with van der Waals surface area (Å²) in [4.78, 5) is 11.2. The second-order valence-corrected chi connectivity index (χ2v) is 5.44. The fraction of sp³-hybridized carbons (Fsp3) is 0. The van der Waals surface area contributed by atoms with E-state index in [0.717, 1.165) is 4.47 Å². The molecular formula is C13H7BrCl2O2. The number of carboxylic acid groups (broad SMARTS) is 1. The van der Waals surface area contributed by atoms with Crippen LogP contribution in [-0.4, -0.2) is 11.1 Å². The van der Waals surface area contributed by atoms with Crippen LogP contribution in [0, 0.1) is 0 Å². The predicted octanol–water partition coefficient (Wildman–Crippen LogP) is 5.12. The molecule has 0 bridgehead atoms. The van der Waals surface area contributed by atoms with E-state index in [4.69, 9.17) is 23.2 Å². The van der Waals surface area contributed by atoms with Crippen molar-refractivity contribution < 1.29 is 9.90 Å². The molecule has 1 N–H and O–H groups in total. The van der Waals surface area contributed by atoms with Crippen LogP contribution in [0.4, 0.5) is 0 Å². The van der Waals surface area contributed by atoms with E-state index >= 15 is 0 Å². The number of carbonyl (C=O) groups is 1. The smallest absolute Gasteiger partial charge is 0.336 e. The standard InChI is InChI=1S/C13H7BrCl2O2/c14-8-1-2-11(13(17)18)12(5-8)7-3-9(15)6-10(16)4-7/h1-6H,(H,17,18). The maximum Gasteiger partial charge on any atom is 0.336 e. The highest BCUT2D eigenvalue weighted by molar-refractivity contribution is 9.10. The zero-order valence-corrected chi connectivity index (χ0v) is 12.1.